The first-order valence-electron chi connectivity index (χ1n) is 4.00. The minimum atomic E-state index is -0.111. The molecule has 0 fully saturated rings. The Hall–Kier alpha value is -1.57. The van der Waals surface area contributed by atoms with E-state index in [0.29, 0.717) is 11.3 Å². The van der Waals surface area contributed by atoms with Crippen molar-refractivity contribution in [2.24, 2.45) is 0 Å². The molecule has 13 heavy (non-hydrogen) atoms. The van der Waals surface area contributed by atoms with Gasteiger partial charge in [-0.2, -0.15) is 0 Å². The summed E-state index contributed by atoms with van der Waals surface area (Å²) >= 11 is 0. The summed E-state index contributed by atoms with van der Waals surface area (Å²) in [5.41, 5.74) is 1.60. The first kappa shape index (κ1) is 9.52. The highest BCUT2D eigenvalue weighted by atomic mass is 16.5. The molecule has 2 nitrogen and oxygen atoms in total. The van der Waals surface area contributed by atoms with Crippen LogP contribution >= 0.6 is 0 Å². The van der Waals surface area contributed by atoms with E-state index in [4.69, 9.17) is 4.74 Å². The highest BCUT2D eigenvalue weighted by Gasteiger charge is 2.08. The zero-order valence-corrected chi connectivity index (χ0v) is 7.83. The van der Waals surface area contributed by atoms with Crippen LogP contribution in [0.5, 0.6) is 5.75 Å². The summed E-state index contributed by atoms with van der Waals surface area (Å²) < 4.78 is 5.05. The molecule has 0 aliphatic carbocycles. The quantitative estimate of drug-likeness (QED) is 0.522. The predicted molar refractivity (Wildman–Crippen MR) is 52.3 cm³/mol. The highest BCUT2D eigenvalue weighted by Crippen LogP contribution is 2.20. The minimum absolute atomic E-state index is 0.111. The van der Waals surface area contributed by atoms with Gasteiger partial charge in [0, 0.05) is 0 Å². The van der Waals surface area contributed by atoms with E-state index in [2.05, 4.69) is 6.58 Å². The lowest BCUT2D eigenvalue weighted by Crippen LogP contribution is -1.98. The summed E-state index contributed by atoms with van der Waals surface area (Å²) in [6.45, 7) is 5.37. The van der Waals surface area contributed by atoms with Crippen LogP contribution in [0.3, 0.4) is 0 Å². The fraction of sp³-hybridized carbons (Fsp3) is 0.182. The Labute approximate surface area is 77.8 Å². The van der Waals surface area contributed by atoms with Crippen LogP contribution in [0, 0.1) is 6.92 Å². The van der Waals surface area contributed by atoms with Crippen LogP contribution in [-0.4, -0.2) is 12.9 Å². The first-order valence-corrected chi connectivity index (χ1v) is 4.00. The summed E-state index contributed by atoms with van der Waals surface area (Å²) in [5.74, 6) is 0.482. The molecule has 0 aromatic heterocycles. The number of methoxy groups -OCH3 is 1. The van der Waals surface area contributed by atoms with Gasteiger partial charge in [-0.05, 0) is 25.1 Å². The van der Waals surface area contributed by atoms with Crippen LogP contribution < -0.4 is 4.74 Å². The molecule has 2 heteroatoms. The largest absolute Gasteiger partial charge is 0.496 e. The van der Waals surface area contributed by atoms with Crippen molar-refractivity contribution in [3.63, 3.8) is 0 Å². The normalized spacial score (nSPS) is 9.38. The van der Waals surface area contributed by atoms with Gasteiger partial charge in [-0.15, -0.1) is 0 Å². The summed E-state index contributed by atoms with van der Waals surface area (Å²) in [7, 11) is 1.55. The number of ketones is 1. The van der Waals surface area contributed by atoms with Gasteiger partial charge >= 0.3 is 0 Å². The van der Waals surface area contributed by atoms with Crippen LogP contribution in [0.15, 0.2) is 30.9 Å². The second kappa shape index (κ2) is 3.90. The number of rotatable bonds is 3. The van der Waals surface area contributed by atoms with Gasteiger partial charge in [0.2, 0.25) is 0 Å². The average Bonchev–Trinajstić information content (AvgIpc) is 2.16. The molecule has 0 unspecified atom stereocenters. The van der Waals surface area contributed by atoms with E-state index >= 15 is 0 Å². The average molecular weight is 176 g/mol. The van der Waals surface area contributed by atoms with E-state index < -0.39 is 0 Å². The fourth-order valence-corrected chi connectivity index (χ4v) is 1.12. The third kappa shape index (κ3) is 1.96. The molecule has 0 aliphatic rings. The third-order valence-electron chi connectivity index (χ3n) is 1.81. The van der Waals surface area contributed by atoms with Gasteiger partial charge in [0.1, 0.15) is 5.75 Å². The molecule has 0 heterocycles. The van der Waals surface area contributed by atoms with Crippen LogP contribution in [0.25, 0.3) is 0 Å². The molecule has 0 N–H and O–H groups in total. The van der Waals surface area contributed by atoms with Crippen molar-refractivity contribution < 1.29 is 9.53 Å². The lowest BCUT2D eigenvalue weighted by molar-refractivity contribution is 0.104. The van der Waals surface area contributed by atoms with Crippen LogP contribution in [0.2, 0.25) is 0 Å². The number of carbonyl (C=O) groups is 1. The SMILES string of the molecule is C=CC(=O)c1cc(C)ccc1OC. The third-order valence-corrected chi connectivity index (χ3v) is 1.81. The molecule has 0 radical (unpaired) electrons. The minimum Gasteiger partial charge on any atom is -0.496 e. The highest BCUT2D eigenvalue weighted by molar-refractivity contribution is 6.06. The van der Waals surface area contributed by atoms with Crippen molar-refractivity contribution >= 4 is 5.78 Å². The number of hydrogen-bond donors (Lipinski definition) is 0. The molecular weight excluding hydrogens is 164 g/mol. The molecule has 0 bridgehead atoms. The van der Waals surface area contributed by atoms with Crippen molar-refractivity contribution in [3.8, 4) is 5.75 Å². The Kier molecular flexibility index (Phi) is 2.85. The Morgan fingerprint density at radius 1 is 1.54 bits per heavy atom. The second-order valence-electron chi connectivity index (χ2n) is 2.77. The molecule has 0 saturated carbocycles. The number of allylic oxidation sites excluding steroid dienone is 1. The standard InChI is InChI=1S/C11H12O2/c1-4-10(12)9-7-8(2)5-6-11(9)13-3/h4-7H,1H2,2-3H3. The van der Waals surface area contributed by atoms with Crippen molar-refractivity contribution in [1.29, 1.82) is 0 Å². The first-order chi connectivity index (χ1) is 6.19. The molecule has 0 atom stereocenters. The van der Waals surface area contributed by atoms with Gasteiger partial charge in [0.25, 0.3) is 0 Å². The monoisotopic (exact) mass is 176 g/mol. The summed E-state index contributed by atoms with van der Waals surface area (Å²) in [6.07, 6.45) is 1.29. The molecule has 0 saturated heterocycles. The Morgan fingerprint density at radius 2 is 2.23 bits per heavy atom. The maximum Gasteiger partial charge on any atom is 0.188 e. The van der Waals surface area contributed by atoms with E-state index in [-0.39, 0.29) is 5.78 Å². The molecule has 1 aromatic carbocycles. The van der Waals surface area contributed by atoms with Gasteiger partial charge in [0.15, 0.2) is 5.78 Å². The topological polar surface area (TPSA) is 26.3 Å². The Bertz CT molecular complexity index is 340. The molecule has 1 rings (SSSR count). The molecule has 68 valence electrons. The second-order valence-corrected chi connectivity index (χ2v) is 2.77. The van der Waals surface area contributed by atoms with Crippen LogP contribution in [0.1, 0.15) is 15.9 Å². The van der Waals surface area contributed by atoms with E-state index in [9.17, 15) is 4.79 Å². The van der Waals surface area contributed by atoms with Crippen molar-refractivity contribution in [1.82, 2.24) is 0 Å². The fourth-order valence-electron chi connectivity index (χ4n) is 1.12. The molecule has 1 aromatic rings. The smallest absolute Gasteiger partial charge is 0.188 e. The molecule has 0 amide bonds. The Morgan fingerprint density at radius 3 is 2.77 bits per heavy atom. The number of aryl methyl sites for hydroxylation is 1. The number of benzene rings is 1. The molecular formula is C11H12O2. The maximum atomic E-state index is 11.3. The lowest BCUT2D eigenvalue weighted by atomic mass is 10.1. The number of carbonyl (C=O) groups excluding carboxylic acids is 1. The molecule has 0 spiro atoms. The zero-order chi connectivity index (χ0) is 9.84. The van der Waals surface area contributed by atoms with E-state index in [1.807, 2.05) is 13.0 Å². The van der Waals surface area contributed by atoms with E-state index in [0.717, 1.165) is 5.56 Å². The van der Waals surface area contributed by atoms with Gasteiger partial charge in [-0.3, -0.25) is 4.79 Å². The number of ether oxygens (including phenoxy) is 1. The van der Waals surface area contributed by atoms with E-state index in [1.54, 1.807) is 19.2 Å². The van der Waals surface area contributed by atoms with Crippen molar-refractivity contribution in [2.75, 3.05) is 7.11 Å². The number of hydrogen-bond acceptors (Lipinski definition) is 2. The van der Waals surface area contributed by atoms with Crippen molar-refractivity contribution in [2.45, 2.75) is 6.92 Å². The van der Waals surface area contributed by atoms with Gasteiger partial charge in [-0.25, -0.2) is 0 Å². The van der Waals surface area contributed by atoms with Crippen LogP contribution in [0.4, 0.5) is 0 Å². The van der Waals surface area contributed by atoms with Gasteiger partial charge < -0.3 is 4.74 Å². The van der Waals surface area contributed by atoms with Gasteiger partial charge in [0.05, 0.1) is 12.7 Å². The zero-order valence-electron chi connectivity index (χ0n) is 7.83. The van der Waals surface area contributed by atoms with E-state index in [1.165, 1.54) is 6.08 Å². The summed E-state index contributed by atoms with van der Waals surface area (Å²) in [5, 5.41) is 0. The lowest BCUT2D eigenvalue weighted by Gasteiger charge is -2.05. The van der Waals surface area contributed by atoms with Crippen molar-refractivity contribution in [3.05, 3.63) is 42.0 Å². The summed E-state index contributed by atoms with van der Waals surface area (Å²) in [4.78, 5) is 11.3. The maximum absolute atomic E-state index is 11.3. The van der Waals surface area contributed by atoms with Crippen LogP contribution in [-0.2, 0) is 0 Å². The predicted octanol–water partition coefficient (Wildman–Crippen LogP) is 2.37. The summed E-state index contributed by atoms with van der Waals surface area (Å²) in [6, 6.07) is 5.48. The van der Waals surface area contributed by atoms with Gasteiger partial charge in [-0.1, -0.05) is 18.2 Å². The Balaban J connectivity index is 3.23. The molecule has 0 aliphatic heterocycles.